The Bertz CT molecular complexity index is 1600. The molecule has 1 aromatic heterocycles. The van der Waals surface area contributed by atoms with Crippen LogP contribution in [0.3, 0.4) is 0 Å². The van der Waals surface area contributed by atoms with Gasteiger partial charge in [-0.05, 0) is 92.0 Å². The van der Waals surface area contributed by atoms with E-state index in [0.717, 1.165) is 90.2 Å². The number of nitrogens with zero attached hydrogens (tertiary/aromatic N) is 3. The molecule has 2 unspecified atom stereocenters. The van der Waals surface area contributed by atoms with Crippen molar-refractivity contribution in [1.82, 2.24) is 20.2 Å². The highest BCUT2D eigenvalue weighted by Gasteiger charge is 2.48. The zero-order valence-corrected chi connectivity index (χ0v) is 26.3. The molecular weight excluding hydrogens is 585 g/mol. The van der Waals surface area contributed by atoms with E-state index in [1.807, 2.05) is 13.1 Å². The molecule has 2 atom stereocenters. The van der Waals surface area contributed by atoms with Gasteiger partial charge in [-0.1, -0.05) is 36.2 Å². The van der Waals surface area contributed by atoms with Crippen molar-refractivity contribution in [3.8, 4) is 0 Å². The summed E-state index contributed by atoms with van der Waals surface area (Å²) in [5, 5.41) is 17.2. The molecule has 2 aromatic carbocycles. The van der Waals surface area contributed by atoms with Gasteiger partial charge in [-0.3, -0.25) is 9.59 Å². The molecular formula is C33H39Cl2N5O3. The number of fused-ring (bicyclic) bond motifs is 2. The number of nitrogens with one attached hydrogen (secondary N) is 2. The second kappa shape index (κ2) is 11.0. The lowest BCUT2D eigenvalue weighted by atomic mass is 9.87. The number of benzene rings is 2. The Morgan fingerprint density at radius 2 is 1.81 bits per heavy atom. The fraction of sp³-hybridized carbons (Fsp3) is 0.545. The number of aromatic nitrogens is 2. The van der Waals surface area contributed by atoms with Crippen molar-refractivity contribution in [1.29, 1.82) is 0 Å². The number of rotatable bonds is 8. The van der Waals surface area contributed by atoms with Crippen LogP contribution >= 0.6 is 23.2 Å². The van der Waals surface area contributed by atoms with E-state index in [1.54, 1.807) is 12.1 Å². The van der Waals surface area contributed by atoms with Crippen LogP contribution in [0.25, 0.3) is 11.0 Å². The summed E-state index contributed by atoms with van der Waals surface area (Å²) in [5.74, 6) is 2.59. The number of halogens is 2. The molecule has 4 aliphatic rings. The number of imidazole rings is 1. The van der Waals surface area contributed by atoms with Gasteiger partial charge in [0.25, 0.3) is 11.8 Å². The summed E-state index contributed by atoms with van der Waals surface area (Å²) in [7, 11) is 1.99. The number of hydrogen-bond donors (Lipinski definition) is 3. The van der Waals surface area contributed by atoms with Crippen LogP contribution in [0.15, 0.2) is 24.3 Å². The number of carbonyl (C=O) groups excluding carboxylic acids is 2. The highest BCUT2D eigenvalue weighted by Crippen LogP contribution is 2.47. The Hall–Kier alpha value is -2.81. The van der Waals surface area contributed by atoms with E-state index < -0.39 is 5.60 Å². The Morgan fingerprint density at radius 1 is 1.09 bits per heavy atom. The zero-order chi connectivity index (χ0) is 30.0. The fourth-order valence-corrected chi connectivity index (χ4v) is 7.50. The maximum atomic E-state index is 13.7. The third kappa shape index (κ3) is 5.62. The van der Waals surface area contributed by atoms with Crippen LogP contribution in [0.1, 0.15) is 79.2 Å². The topological polar surface area (TPSA) is 99.5 Å². The molecule has 3 saturated carbocycles. The minimum absolute atomic E-state index is 0.0130. The molecule has 3 aromatic rings. The standard InChI is InChI=1S/C33H39Cl2N5O3/c1-18-3-6-22(7-4-18)37-31(41)24-12-26-28(14-27(24)40-16-20-11-21(20)17-40)39(2)29(38-26)13-23-25(34)8-5-19(30(23)35)15-36-32(42)33(43)9-10-33/h5,8,12,14,18,20-22,43H,3-4,6-7,9-11,13,15-17H2,1-2H3,(H,36,42)(H,37,41). The molecule has 0 bridgehead atoms. The number of anilines is 1. The Morgan fingerprint density at radius 3 is 2.51 bits per heavy atom. The summed E-state index contributed by atoms with van der Waals surface area (Å²) in [6, 6.07) is 7.88. The van der Waals surface area contributed by atoms with Crippen molar-refractivity contribution in [2.24, 2.45) is 24.8 Å². The summed E-state index contributed by atoms with van der Waals surface area (Å²) in [6.45, 7) is 4.48. The van der Waals surface area contributed by atoms with Gasteiger partial charge < -0.3 is 25.2 Å². The summed E-state index contributed by atoms with van der Waals surface area (Å²) >= 11 is 13.5. The summed E-state index contributed by atoms with van der Waals surface area (Å²) < 4.78 is 2.06. The van der Waals surface area contributed by atoms with E-state index in [-0.39, 0.29) is 24.4 Å². The molecule has 1 aliphatic heterocycles. The van der Waals surface area contributed by atoms with Gasteiger partial charge in [0.15, 0.2) is 0 Å². The lowest BCUT2D eigenvalue weighted by Gasteiger charge is -2.28. The molecule has 3 N–H and O–H groups in total. The van der Waals surface area contributed by atoms with Crippen LogP contribution in [-0.2, 0) is 24.8 Å². The first-order valence-electron chi connectivity index (χ1n) is 15.6. The largest absolute Gasteiger partial charge is 0.380 e. The maximum Gasteiger partial charge on any atom is 0.253 e. The van der Waals surface area contributed by atoms with Gasteiger partial charge in [0, 0.05) is 44.2 Å². The third-order valence-electron chi connectivity index (χ3n) is 10.2. The molecule has 0 radical (unpaired) electrons. The molecule has 2 heterocycles. The highest BCUT2D eigenvalue weighted by atomic mass is 35.5. The van der Waals surface area contributed by atoms with Crippen molar-refractivity contribution in [3.63, 3.8) is 0 Å². The van der Waals surface area contributed by atoms with E-state index in [1.165, 1.54) is 6.42 Å². The Labute approximate surface area is 262 Å². The van der Waals surface area contributed by atoms with Gasteiger partial charge in [0.05, 0.1) is 27.3 Å². The molecule has 7 rings (SSSR count). The lowest BCUT2D eigenvalue weighted by Crippen LogP contribution is -2.38. The quantitative estimate of drug-likeness (QED) is 0.313. The average Bonchev–Trinajstić information content (AvgIpc) is 3.86. The molecule has 1 saturated heterocycles. The number of aliphatic hydroxyl groups is 1. The summed E-state index contributed by atoms with van der Waals surface area (Å²) in [5.41, 5.74) is 3.62. The predicted octanol–water partition coefficient (Wildman–Crippen LogP) is 5.38. The minimum atomic E-state index is -1.24. The predicted molar refractivity (Wildman–Crippen MR) is 169 cm³/mol. The molecule has 0 spiro atoms. The van der Waals surface area contributed by atoms with Crippen molar-refractivity contribution < 1.29 is 14.7 Å². The average molecular weight is 625 g/mol. The number of piperidine rings is 1. The minimum Gasteiger partial charge on any atom is -0.380 e. The van der Waals surface area contributed by atoms with Crippen molar-refractivity contribution >= 4 is 51.7 Å². The second-order valence-electron chi connectivity index (χ2n) is 13.4. The van der Waals surface area contributed by atoms with Crippen LogP contribution in [0.4, 0.5) is 5.69 Å². The number of carbonyl (C=O) groups is 2. The van der Waals surface area contributed by atoms with Crippen LogP contribution in [0.5, 0.6) is 0 Å². The Kier molecular flexibility index (Phi) is 7.38. The Balaban J connectivity index is 1.18. The molecule has 10 heteroatoms. The monoisotopic (exact) mass is 623 g/mol. The number of hydrogen-bond acceptors (Lipinski definition) is 5. The number of amides is 2. The number of aryl methyl sites for hydroxylation is 1. The van der Waals surface area contributed by atoms with E-state index in [2.05, 4.69) is 33.1 Å². The summed E-state index contributed by atoms with van der Waals surface area (Å²) in [6.07, 6.45) is 6.99. The fourth-order valence-electron chi connectivity index (χ4n) is 6.93. The lowest BCUT2D eigenvalue weighted by molar-refractivity contribution is -0.131. The molecule has 228 valence electrons. The van der Waals surface area contributed by atoms with Crippen molar-refractivity contribution in [3.05, 3.63) is 56.8 Å². The first-order chi connectivity index (χ1) is 20.6. The van der Waals surface area contributed by atoms with Gasteiger partial charge in [-0.2, -0.15) is 0 Å². The van der Waals surface area contributed by atoms with Crippen LogP contribution in [0.2, 0.25) is 10.0 Å². The molecule has 8 nitrogen and oxygen atoms in total. The summed E-state index contributed by atoms with van der Waals surface area (Å²) in [4.78, 5) is 33.4. The van der Waals surface area contributed by atoms with E-state index in [4.69, 9.17) is 28.2 Å². The first kappa shape index (κ1) is 28.9. The van der Waals surface area contributed by atoms with Gasteiger partial charge in [0.2, 0.25) is 0 Å². The molecule has 4 fully saturated rings. The molecule has 2 amide bonds. The van der Waals surface area contributed by atoms with Crippen LogP contribution in [0, 0.1) is 17.8 Å². The third-order valence-corrected chi connectivity index (χ3v) is 11.0. The van der Waals surface area contributed by atoms with Gasteiger partial charge >= 0.3 is 0 Å². The zero-order valence-electron chi connectivity index (χ0n) is 24.8. The van der Waals surface area contributed by atoms with Gasteiger partial charge in [0.1, 0.15) is 11.4 Å². The second-order valence-corrected chi connectivity index (χ2v) is 14.2. The smallest absolute Gasteiger partial charge is 0.253 e. The van der Waals surface area contributed by atoms with E-state index in [9.17, 15) is 14.7 Å². The van der Waals surface area contributed by atoms with Gasteiger partial charge in [-0.15, -0.1) is 0 Å². The van der Waals surface area contributed by atoms with Crippen molar-refractivity contribution in [2.45, 2.75) is 76.5 Å². The normalized spacial score (nSPS) is 25.5. The highest BCUT2D eigenvalue weighted by molar-refractivity contribution is 6.36. The maximum absolute atomic E-state index is 13.7. The SMILES string of the molecule is CC1CCC(NC(=O)c2cc3nc(Cc4c(Cl)ccc(CNC(=O)C5(O)CC5)c4Cl)n(C)c3cc2N2CC3CC3C2)CC1. The van der Waals surface area contributed by atoms with Gasteiger partial charge in [-0.25, -0.2) is 4.98 Å². The van der Waals surface area contributed by atoms with Crippen LogP contribution < -0.4 is 15.5 Å². The first-order valence-corrected chi connectivity index (χ1v) is 16.4. The van der Waals surface area contributed by atoms with Crippen molar-refractivity contribution in [2.75, 3.05) is 18.0 Å². The van der Waals surface area contributed by atoms with E-state index >= 15 is 0 Å². The van der Waals surface area contributed by atoms with E-state index in [0.29, 0.717) is 34.9 Å². The molecule has 3 aliphatic carbocycles. The molecule has 43 heavy (non-hydrogen) atoms. The van der Waals surface area contributed by atoms with Crippen LogP contribution in [-0.4, -0.2) is 51.2 Å².